The van der Waals surface area contributed by atoms with Crippen LogP contribution >= 0.6 is 22.7 Å². The fourth-order valence-corrected chi connectivity index (χ4v) is 12.1. The molecule has 0 atom stereocenters. The first kappa shape index (κ1) is 34.9. The summed E-state index contributed by atoms with van der Waals surface area (Å²) in [7, 11) is 0. The van der Waals surface area contributed by atoms with Crippen LogP contribution < -0.4 is 0 Å². The third-order valence-electron chi connectivity index (χ3n) is 12.8. The second-order valence-electron chi connectivity index (χ2n) is 16.4. The minimum absolute atomic E-state index is 0.638. The summed E-state index contributed by atoms with van der Waals surface area (Å²) in [5.74, 6) is 1.92. The van der Waals surface area contributed by atoms with E-state index >= 15 is 0 Å². The molecule has 4 heterocycles. The Morgan fingerprint density at radius 3 is 1.51 bits per heavy atom. The molecule has 0 saturated carbocycles. The van der Waals surface area contributed by atoms with Gasteiger partial charge in [-0.3, -0.25) is 0 Å². The standard InChI is InChI=1S/C57H32N4S2/c1-2-12-33(13-3-1)55-58-56(40-22-23-42-41-20-10-11-21-49(41)62-51(42)32-40)60-57(59-55)54-46(24-25-50-53(54)45-28-36-16-6-9-19-39(36)31-52(45)63-50)61-47-29-37-17-7-4-14-34(37)26-43(47)44-27-35-15-5-8-18-38(35)30-48(44)61/h1-32H. The molecule has 292 valence electrons. The van der Waals surface area contributed by atoms with Crippen LogP contribution in [0.4, 0.5) is 0 Å². The van der Waals surface area contributed by atoms with E-state index in [-0.39, 0.29) is 0 Å². The highest BCUT2D eigenvalue weighted by atomic mass is 32.1. The van der Waals surface area contributed by atoms with E-state index in [2.05, 4.69) is 193 Å². The maximum Gasteiger partial charge on any atom is 0.166 e. The minimum atomic E-state index is 0.638. The molecule has 0 N–H and O–H groups in total. The molecule has 14 aromatic rings. The van der Waals surface area contributed by atoms with Crippen LogP contribution in [0, 0.1) is 0 Å². The van der Waals surface area contributed by atoms with E-state index in [0.29, 0.717) is 17.5 Å². The molecule has 0 fully saturated rings. The van der Waals surface area contributed by atoms with Crippen molar-refractivity contribution in [1.82, 2.24) is 19.5 Å². The van der Waals surface area contributed by atoms with Crippen LogP contribution in [0.15, 0.2) is 194 Å². The highest BCUT2D eigenvalue weighted by Gasteiger charge is 2.25. The highest BCUT2D eigenvalue weighted by molar-refractivity contribution is 7.26. The zero-order chi connectivity index (χ0) is 41.2. The summed E-state index contributed by atoms with van der Waals surface area (Å²) in [6.45, 7) is 0. The van der Waals surface area contributed by atoms with E-state index in [1.165, 1.54) is 78.0 Å². The van der Waals surface area contributed by atoms with Gasteiger partial charge in [-0.1, -0.05) is 133 Å². The number of benzene rings is 10. The molecule has 0 aliphatic carbocycles. The fourth-order valence-electron chi connectivity index (χ4n) is 9.80. The second-order valence-corrected chi connectivity index (χ2v) is 18.5. The summed E-state index contributed by atoms with van der Waals surface area (Å²) < 4.78 is 7.36. The molecule has 0 unspecified atom stereocenters. The minimum Gasteiger partial charge on any atom is -0.308 e. The first-order chi connectivity index (χ1) is 31.2. The monoisotopic (exact) mass is 836 g/mol. The zero-order valence-corrected chi connectivity index (χ0v) is 35.2. The van der Waals surface area contributed by atoms with Crippen LogP contribution in [-0.4, -0.2) is 19.5 Å². The number of thiophene rings is 2. The van der Waals surface area contributed by atoms with Gasteiger partial charge in [0, 0.05) is 62.2 Å². The third-order valence-corrected chi connectivity index (χ3v) is 15.0. The molecule has 14 rings (SSSR count). The summed E-state index contributed by atoms with van der Waals surface area (Å²) in [5.41, 5.74) is 6.18. The average Bonchev–Trinajstić information content (AvgIpc) is 3.99. The zero-order valence-electron chi connectivity index (χ0n) is 33.6. The molecule has 0 aliphatic rings. The number of hydrogen-bond acceptors (Lipinski definition) is 5. The summed E-state index contributed by atoms with van der Waals surface area (Å²) in [4.78, 5) is 16.3. The van der Waals surface area contributed by atoms with Crippen LogP contribution in [0.2, 0.25) is 0 Å². The topological polar surface area (TPSA) is 43.6 Å². The van der Waals surface area contributed by atoms with Gasteiger partial charge in [-0.25, -0.2) is 15.0 Å². The molecular formula is C57H32N4S2. The van der Waals surface area contributed by atoms with Gasteiger partial charge in [0.25, 0.3) is 0 Å². The molecule has 4 nitrogen and oxygen atoms in total. The maximum atomic E-state index is 5.56. The van der Waals surface area contributed by atoms with Crippen LogP contribution in [0.3, 0.4) is 0 Å². The predicted octanol–water partition coefficient (Wildman–Crippen LogP) is 16.2. The lowest BCUT2D eigenvalue weighted by Gasteiger charge is -2.17. The van der Waals surface area contributed by atoms with Crippen LogP contribution in [0.5, 0.6) is 0 Å². The molecule has 6 heteroatoms. The quantitative estimate of drug-likeness (QED) is 0.177. The van der Waals surface area contributed by atoms with E-state index in [9.17, 15) is 0 Å². The van der Waals surface area contributed by atoms with Gasteiger partial charge in [-0.05, 0) is 93.0 Å². The number of hydrogen-bond donors (Lipinski definition) is 0. The normalized spacial score (nSPS) is 12.1. The Morgan fingerprint density at radius 1 is 0.317 bits per heavy atom. The van der Waals surface area contributed by atoms with Crippen molar-refractivity contribution in [2.45, 2.75) is 0 Å². The number of aromatic nitrogens is 4. The average molecular weight is 837 g/mol. The molecule has 4 aromatic heterocycles. The lowest BCUT2D eigenvalue weighted by molar-refractivity contribution is 1.07. The number of fused-ring (bicyclic) bond motifs is 12. The fraction of sp³-hybridized carbons (Fsp3) is 0. The van der Waals surface area contributed by atoms with Crippen molar-refractivity contribution < 1.29 is 0 Å². The van der Waals surface area contributed by atoms with E-state index < -0.39 is 0 Å². The van der Waals surface area contributed by atoms with Crippen molar-refractivity contribution in [3.8, 4) is 39.9 Å². The smallest absolute Gasteiger partial charge is 0.166 e. The molecular weight excluding hydrogens is 805 g/mol. The number of nitrogens with zero attached hydrogens (tertiary/aromatic N) is 4. The van der Waals surface area contributed by atoms with Gasteiger partial charge in [0.1, 0.15) is 0 Å². The van der Waals surface area contributed by atoms with Crippen molar-refractivity contribution in [3.05, 3.63) is 194 Å². The van der Waals surface area contributed by atoms with Crippen LogP contribution in [0.1, 0.15) is 0 Å². The van der Waals surface area contributed by atoms with Gasteiger partial charge < -0.3 is 4.57 Å². The van der Waals surface area contributed by atoms with E-state index in [1.54, 1.807) is 0 Å². The van der Waals surface area contributed by atoms with Crippen LogP contribution in [-0.2, 0) is 0 Å². The third kappa shape index (κ3) is 5.35. The first-order valence-electron chi connectivity index (χ1n) is 21.2. The molecule has 0 saturated heterocycles. The molecule has 0 spiro atoms. The summed E-state index contributed by atoms with van der Waals surface area (Å²) in [6.07, 6.45) is 0. The summed E-state index contributed by atoms with van der Waals surface area (Å²) >= 11 is 3.64. The number of rotatable bonds is 4. The Morgan fingerprint density at radius 2 is 0.825 bits per heavy atom. The van der Waals surface area contributed by atoms with Gasteiger partial charge in [0.2, 0.25) is 0 Å². The maximum absolute atomic E-state index is 5.56. The van der Waals surface area contributed by atoms with Gasteiger partial charge in [0.15, 0.2) is 17.5 Å². The van der Waals surface area contributed by atoms with Crippen molar-refractivity contribution >= 4 is 117 Å². The molecule has 63 heavy (non-hydrogen) atoms. The SMILES string of the molecule is c1ccc(-c2nc(-c3ccc4c(c3)sc3ccccc34)nc(-c3c(-n4c5cc6ccccc6cc5c5cc6ccccc6cc54)ccc4sc5cc6ccccc6cc5c34)n2)cc1. The predicted molar refractivity (Wildman–Crippen MR) is 269 cm³/mol. The largest absolute Gasteiger partial charge is 0.308 e. The Labute approximate surface area is 368 Å². The summed E-state index contributed by atoms with van der Waals surface area (Å²) in [5, 5.41) is 14.5. The van der Waals surface area contributed by atoms with E-state index in [0.717, 1.165) is 38.8 Å². The molecule has 0 aliphatic heterocycles. The van der Waals surface area contributed by atoms with Gasteiger partial charge in [-0.15, -0.1) is 22.7 Å². The van der Waals surface area contributed by atoms with Crippen molar-refractivity contribution in [2.75, 3.05) is 0 Å². The first-order valence-corrected chi connectivity index (χ1v) is 22.8. The molecule has 10 aromatic carbocycles. The lowest BCUT2D eigenvalue weighted by Crippen LogP contribution is -2.04. The van der Waals surface area contributed by atoms with Crippen molar-refractivity contribution in [2.24, 2.45) is 0 Å². The molecule has 0 amide bonds. The molecule has 0 bridgehead atoms. The van der Waals surface area contributed by atoms with Crippen molar-refractivity contribution in [1.29, 1.82) is 0 Å². The summed E-state index contributed by atoms with van der Waals surface area (Å²) in [6, 6.07) is 70.4. The Hall–Kier alpha value is -7.77. The van der Waals surface area contributed by atoms with Crippen LogP contribution in [0.25, 0.3) is 134 Å². The van der Waals surface area contributed by atoms with Gasteiger partial charge >= 0.3 is 0 Å². The molecule has 0 radical (unpaired) electrons. The van der Waals surface area contributed by atoms with Gasteiger partial charge in [0.05, 0.1) is 22.3 Å². The lowest BCUT2D eigenvalue weighted by atomic mass is 10.0. The Bertz CT molecular complexity index is 4120. The van der Waals surface area contributed by atoms with E-state index in [4.69, 9.17) is 15.0 Å². The van der Waals surface area contributed by atoms with Crippen molar-refractivity contribution in [3.63, 3.8) is 0 Å². The Kier molecular flexibility index (Phi) is 7.40. The highest BCUT2D eigenvalue weighted by Crippen LogP contribution is 2.47. The Balaban J connectivity index is 1.14. The van der Waals surface area contributed by atoms with Gasteiger partial charge in [-0.2, -0.15) is 0 Å². The van der Waals surface area contributed by atoms with E-state index in [1.807, 2.05) is 28.7 Å². The second kappa shape index (κ2) is 13.4.